The summed E-state index contributed by atoms with van der Waals surface area (Å²) in [5.41, 5.74) is 1.60. The van der Waals surface area contributed by atoms with Crippen LogP contribution in [0.15, 0.2) is 23.8 Å². The second-order valence-corrected chi connectivity index (χ2v) is 6.46. The second kappa shape index (κ2) is 11.9. The molecule has 0 aliphatic carbocycles. The topological polar surface area (TPSA) is 3.24 Å². The lowest BCUT2D eigenvalue weighted by Crippen LogP contribution is -2.39. The lowest BCUT2D eigenvalue weighted by molar-refractivity contribution is 0.466. The van der Waals surface area contributed by atoms with Crippen LogP contribution in [0.1, 0.15) is 85.0 Å². The molecule has 0 N–H and O–H groups in total. The van der Waals surface area contributed by atoms with Gasteiger partial charge in [-0.05, 0) is 31.7 Å². The Bertz CT molecular complexity index is 309. The van der Waals surface area contributed by atoms with Crippen LogP contribution in [0, 0.1) is 0 Å². The van der Waals surface area contributed by atoms with Crippen LogP contribution in [0.25, 0.3) is 0 Å². The van der Waals surface area contributed by atoms with Crippen LogP contribution < -0.4 is 0 Å². The Balaban J connectivity index is 2.55. The molecule has 21 heavy (non-hydrogen) atoms. The Labute approximate surface area is 134 Å². The number of unbranched alkanes of at least 4 members (excludes halogenated alkanes) is 6. The van der Waals surface area contributed by atoms with Gasteiger partial charge < -0.3 is 4.81 Å². The largest absolute Gasteiger partial charge is 0.414 e. The van der Waals surface area contributed by atoms with Gasteiger partial charge in [0, 0.05) is 12.2 Å². The number of rotatable bonds is 12. The van der Waals surface area contributed by atoms with Crippen molar-refractivity contribution in [2.24, 2.45) is 0 Å². The molecule has 0 saturated carbocycles. The predicted octanol–water partition coefficient (Wildman–Crippen LogP) is 6.23. The fourth-order valence-corrected chi connectivity index (χ4v) is 3.19. The van der Waals surface area contributed by atoms with Gasteiger partial charge in [-0.15, -0.1) is 0 Å². The maximum Gasteiger partial charge on any atom is 0.280 e. The third kappa shape index (κ3) is 7.24. The average molecular weight is 289 g/mol. The van der Waals surface area contributed by atoms with E-state index in [0.29, 0.717) is 6.85 Å². The van der Waals surface area contributed by atoms with Crippen LogP contribution in [-0.2, 0) is 0 Å². The van der Waals surface area contributed by atoms with Gasteiger partial charge in [-0.3, -0.25) is 0 Å². The molecule has 0 aromatic rings. The summed E-state index contributed by atoms with van der Waals surface area (Å²) >= 11 is 0. The zero-order valence-electron chi connectivity index (χ0n) is 14.7. The molecule has 0 amide bonds. The van der Waals surface area contributed by atoms with Gasteiger partial charge in [0.1, 0.15) is 0 Å². The Morgan fingerprint density at radius 1 is 0.857 bits per heavy atom. The molecule has 0 saturated heterocycles. The summed E-state index contributed by atoms with van der Waals surface area (Å²) in [6, 6.07) is 0. The molecule has 0 fully saturated rings. The van der Waals surface area contributed by atoms with Crippen molar-refractivity contribution in [3.63, 3.8) is 0 Å². The van der Waals surface area contributed by atoms with Crippen molar-refractivity contribution in [1.29, 1.82) is 0 Å². The minimum atomic E-state index is 0.662. The molecule has 1 nitrogen and oxygen atoms in total. The molecule has 120 valence electrons. The number of hydrogen-bond donors (Lipinski definition) is 0. The molecule has 0 unspecified atom stereocenters. The van der Waals surface area contributed by atoms with Crippen LogP contribution in [-0.4, -0.2) is 18.2 Å². The summed E-state index contributed by atoms with van der Waals surface area (Å²) in [4.78, 5) is 2.72. The highest BCUT2D eigenvalue weighted by molar-refractivity contribution is 6.62. The monoisotopic (exact) mass is 289 g/mol. The minimum absolute atomic E-state index is 0.662. The van der Waals surface area contributed by atoms with E-state index in [-0.39, 0.29) is 0 Å². The molecule has 0 spiro atoms. The van der Waals surface area contributed by atoms with Crippen LogP contribution in [0.4, 0.5) is 0 Å². The molecule has 0 aromatic carbocycles. The van der Waals surface area contributed by atoms with Gasteiger partial charge in [0.25, 0.3) is 6.85 Å². The first-order valence-corrected chi connectivity index (χ1v) is 9.47. The van der Waals surface area contributed by atoms with Crippen LogP contribution >= 0.6 is 0 Å². The second-order valence-electron chi connectivity index (χ2n) is 6.46. The molecule has 0 aromatic heterocycles. The quantitative estimate of drug-likeness (QED) is 0.304. The van der Waals surface area contributed by atoms with E-state index in [4.69, 9.17) is 0 Å². The molecule has 1 aliphatic rings. The third-order valence-electron chi connectivity index (χ3n) is 4.53. The Hall–Kier alpha value is -0.655. The molecule has 2 heteroatoms. The lowest BCUT2D eigenvalue weighted by atomic mass is 9.54. The van der Waals surface area contributed by atoms with Gasteiger partial charge in [0.05, 0.1) is 0 Å². The van der Waals surface area contributed by atoms with E-state index < -0.39 is 0 Å². The normalized spacial score (nSPS) is 14.7. The number of allylic oxidation sites excluding steroid dienone is 3. The minimum Gasteiger partial charge on any atom is -0.414 e. The highest BCUT2D eigenvalue weighted by Gasteiger charge is 2.23. The van der Waals surface area contributed by atoms with E-state index in [1.54, 1.807) is 5.70 Å². The van der Waals surface area contributed by atoms with E-state index in [2.05, 4.69) is 43.7 Å². The van der Waals surface area contributed by atoms with Crippen molar-refractivity contribution in [1.82, 2.24) is 4.81 Å². The maximum atomic E-state index is 2.72. The summed E-state index contributed by atoms with van der Waals surface area (Å²) in [6.45, 7) is 8.81. The van der Waals surface area contributed by atoms with Gasteiger partial charge in [-0.25, -0.2) is 0 Å². The summed E-state index contributed by atoms with van der Waals surface area (Å²) < 4.78 is 0. The first-order chi connectivity index (χ1) is 10.3. The summed E-state index contributed by atoms with van der Waals surface area (Å²) in [6.07, 6.45) is 19.4. The zero-order valence-corrected chi connectivity index (χ0v) is 14.7. The van der Waals surface area contributed by atoms with Crippen LogP contribution in [0.2, 0.25) is 6.32 Å². The van der Waals surface area contributed by atoms with Crippen molar-refractivity contribution in [2.45, 2.75) is 91.3 Å². The van der Waals surface area contributed by atoms with Gasteiger partial charge in [-0.1, -0.05) is 77.8 Å². The molecule has 0 atom stereocenters. The van der Waals surface area contributed by atoms with Crippen LogP contribution in [0.5, 0.6) is 0 Å². The Morgan fingerprint density at radius 3 is 2.24 bits per heavy atom. The molecule has 1 rings (SSSR count). The van der Waals surface area contributed by atoms with Gasteiger partial charge in [0.15, 0.2) is 0 Å². The standard InChI is InChI=1S/C19H36BN/c1-4-7-10-14-19-15-13-17-20(16-11-8-5-2)21(19)18-12-9-6-3/h13,15,17H,4-12,14,16,18H2,1-3H3. The molecular weight excluding hydrogens is 253 g/mol. The fourth-order valence-electron chi connectivity index (χ4n) is 3.19. The molecule has 1 heterocycles. The SMILES string of the molecule is CCCCCB1C=CC=C(CCCCC)N1CCCCC. The third-order valence-corrected chi connectivity index (χ3v) is 4.53. The van der Waals surface area contributed by atoms with E-state index >= 15 is 0 Å². The molecule has 1 aliphatic heterocycles. The average Bonchev–Trinajstić information content (AvgIpc) is 2.50. The van der Waals surface area contributed by atoms with E-state index in [1.807, 2.05) is 0 Å². The number of nitrogens with zero attached hydrogens (tertiary/aromatic N) is 1. The van der Waals surface area contributed by atoms with Crippen LogP contribution in [0.3, 0.4) is 0 Å². The van der Waals surface area contributed by atoms with E-state index in [1.165, 1.54) is 77.1 Å². The lowest BCUT2D eigenvalue weighted by Gasteiger charge is -2.35. The first kappa shape index (κ1) is 18.4. The van der Waals surface area contributed by atoms with Crippen molar-refractivity contribution in [3.8, 4) is 0 Å². The van der Waals surface area contributed by atoms with Crippen molar-refractivity contribution < 1.29 is 0 Å². The van der Waals surface area contributed by atoms with E-state index in [9.17, 15) is 0 Å². The summed E-state index contributed by atoms with van der Waals surface area (Å²) in [5.74, 6) is 2.44. The molecule has 0 bridgehead atoms. The van der Waals surface area contributed by atoms with Crippen molar-refractivity contribution in [3.05, 3.63) is 23.8 Å². The molecular formula is C19H36BN. The first-order valence-electron chi connectivity index (χ1n) is 9.47. The van der Waals surface area contributed by atoms with E-state index in [0.717, 1.165) is 0 Å². The smallest absolute Gasteiger partial charge is 0.280 e. The van der Waals surface area contributed by atoms with Crippen molar-refractivity contribution in [2.75, 3.05) is 6.54 Å². The Kier molecular flexibility index (Phi) is 10.5. The van der Waals surface area contributed by atoms with Gasteiger partial charge in [0.2, 0.25) is 0 Å². The summed E-state index contributed by atoms with van der Waals surface area (Å²) in [7, 11) is 0. The van der Waals surface area contributed by atoms with Gasteiger partial charge in [-0.2, -0.15) is 0 Å². The predicted molar refractivity (Wildman–Crippen MR) is 97.7 cm³/mol. The van der Waals surface area contributed by atoms with Crippen molar-refractivity contribution >= 4 is 6.85 Å². The molecule has 0 radical (unpaired) electrons. The Morgan fingerprint density at radius 2 is 1.52 bits per heavy atom. The van der Waals surface area contributed by atoms with Gasteiger partial charge >= 0.3 is 0 Å². The summed E-state index contributed by atoms with van der Waals surface area (Å²) in [5, 5.41) is 0. The zero-order chi connectivity index (χ0) is 15.3. The maximum absolute atomic E-state index is 2.72. The number of hydrogen-bond acceptors (Lipinski definition) is 1. The highest BCUT2D eigenvalue weighted by Crippen LogP contribution is 2.23. The fraction of sp³-hybridized carbons (Fsp3) is 0.789. The highest BCUT2D eigenvalue weighted by atomic mass is 15.1.